The molecule has 0 spiro atoms. The predicted octanol–water partition coefficient (Wildman–Crippen LogP) is 5.39. The number of allylic oxidation sites excluding steroid dienone is 1. The molecule has 4 rings (SSSR count). The number of fused-ring (bicyclic) bond motifs is 3. The lowest BCUT2D eigenvalue weighted by Crippen LogP contribution is -2.07. The molecule has 0 aliphatic carbocycles. The van der Waals surface area contributed by atoms with Crippen molar-refractivity contribution in [2.75, 3.05) is 0 Å². The van der Waals surface area contributed by atoms with E-state index in [2.05, 4.69) is 79.1 Å². The van der Waals surface area contributed by atoms with Crippen LogP contribution in [0.3, 0.4) is 0 Å². The summed E-state index contributed by atoms with van der Waals surface area (Å²) in [6.45, 7) is 4.35. The normalized spacial score (nSPS) is 15.7. The van der Waals surface area contributed by atoms with Crippen molar-refractivity contribution < 1.29 is 0 Å². The highest BCUT2D eigenvalue weighted by molar-refractivity contribution is 5.98. The monoisotopic (exact) mass is 286 g/mol. The van der Waals surface area contributed by atoms with E-state index in [9.17, 15) is 0 Å². The lowest BCUT2D eigenvalue weighted by Gasteiger charge is -2.12. The van der Waals surface area contributed by atoms with Crippen molar-refractivity contribution >= 4 is 29.0 Å². The number of hydrogen-bond acceptors (Lipinski definition) is 1. The van der Waals surface area contributed by atoms with Crippen molar-refractivity contribution in [3.8, 4) is 5.69 Å². The number of rotatable bonds is 1. The maximum atomic E-state index is 4.83. The molecular weight excluding hydrogens is 268 g/mol. The van der Waals surface area contributed by atoms with Gasteiger partial charge in [0.15, 0.2) is 0 Å². The van der Waals surface area contributed by atoms with Crippen LogP contribution in [0.25, 0.3) is 22.7 Å². The number of nitrogens with zero attached hydrogens (tertiary/aromatic N) is 2. The Morgan fingerprint density at radius 1 is 0.909 bits per heavy atom. The Kier molecular flexibility index (Phi) is 2.80. The number of hydrogen-bond donors (Lipinski definition) is 0. The smallest absolute Gasteiger partial charge is 0.145 e. The summed E-state index contributed by atoms with van der Waals surface area (Å²) in [5.74, 6) is 1.01. The van der Waals surface area contributed by atoms with Gasteiger partial charge in [0, 0.05) is 28.3 Å². The van der Waals surface area contributed by atoms with Crippen molar-refractivity contribution in [1.82, 2.24) is 4.57 Å². The van der Waals surface area contributed by atoms with E-state index in [1.165, 1.54) is 16.5 Å². The lowest BCUT2D eigenvalue weighted by molar-refractivity contribution is 0.699. The molecular formula is C20H18N2. The van der Waals surface area contributed by atoms with Crippen LogP contribution in [0.5, 0.6) is 0 Å². The second kappa shape index (κ2) is 4.70. The van der Waals surface area contributed by atoms with Crippen LogP contribution >= 0.6 is 0 Å². The Hall–Kier alpha value is -2.61. The molecule has 1 aromatic heterocycles. The number of aromatic nitrogens is 1. The third kappa shape index (κ3) is 2.00. The van der Waals surface area contributed by atoms with Gasteiger partial charge >= 0.3 is 0 Å². The van der Waals surface area contributed by atoms with Crippen LogP contribution in [0.2, 0.25) is 0 Å². The minimum Gasteiger partial charge on any atom is -0.294 e. The highest BCUT2D eigenvalue weighted by Crippen LogP contribution is 2.38. The minimum absolute atomic E-state index is 0.0261. The van der Waals surface area contributed by atoms with Gasteiger partial charge in [0.05, 0.1) is 5.52 Å². The fourth-order valence-electron chi connectivity index (χ4n) is 2.95. The molecule has 0 saturated heterocycles. The Morgan fingerprint density at radius 3 is 2.45 bits per heavy atom. The summed E-state index contributed by atoms with van der Waals surface area (Å²) in [5, 5.41) is 1.24. The molecule has 0 saturated carbocycles. The van der Waals surface area contributed by atoms with E-state index in [1.54, 1.807) is 0 Å². The van der Waals surface area contributed by atoms with Crippen molar-refractivity contribution in [2.45, 2.75) is 13.8 Å². The molecule has 0 unspecified atom stereocenters. The van der Waals surface area contributed by atoms with E-state index in [0.29, 0.717) is 0 Å². The third-order valence-corrected chi connectivity index (χ3v) is 4.10. The summed E-state index contributed by atoms with van der Waals surface area (Å²) in [6, 6.07) is 18.9. The second-order valence-electron chi connectivity index (χ2n) is 6.34. The molecule has 2 nitrogen and oxygen atoms in total. The number of para-hydroxylation sites is 2. The Balaban J connectivity index is 2.10. The average Bonchev–Trinajstić information content (AvgIpc) is 2.76. The molecule has 2 heterocycles. The van der Waals surface area contributed by atoms with E-state index in [0.717, 1.165) is 11.5 Å². The van der Waals surface area contributed by atoms with Crippen molar-refractivity contribution in [3.63, 3.8) is 0 Å². The van der Waals surface area contributed by atoms with Gasteiger partial charge in [-0.2, -0.15) is 0 Å². The van der Waals surface area contributed by atoms with Gasteiger partial charge in [-0.25, -0.2) is 4.99 Å². The van der Waals surface area contributed by atoms with Crippen molar-refractivity contribution in [2.24, 2.45) is 10.4 Å². The molecule has 0 atom stereocenters. The molecule has 22 heavy (non-hydrogen) atoms. The largest absolute Gasteiger partial charge is 0.294 e. The quantitative estimate of drug-likeness (QED) is 0.571. The fraction of sp³-hybridized carbons (Fsp3) is 0.150. The minimum atomic E-state index is -0.0261. The molecule has 1 aliphatic heterocycles. The van der Waals surface area contributed by atoms with E-state index in [1.807, 2.05) is 12.3 Å². The van der Waals surface area contributed by atoms with Crippen LogP contribution in [-0.4, -0.2) is 10.8 Å². The summed E-state index contributed by atoms with van der Waals surface area (Å²) in [7, 11) is 0. The van der Waals surface area contributed by atoms with Crippen LogP contribution in [-0.2, 0) is 0 Å². The highest BCUT2D eigenvalue weighted by Gasteiger charge is 2.20. The standard InChI is InChI=1S/C20H18N2/c1-20(2)13-12-17-16-10-6-7-11-18(16)22(19(17)21-14-20)15-8-4-3-5-9-15/h3-14H,1-2H3. The van der Waals surface area contributed by atoms with Gasteiger partial charge in [0.25, 0.3) is 0 Å². The van der Waals surface area contributed by atoms with Gasteiger partial charge in [-0.15, -0.1) is 0 Å². The summed E-state index contributed by atoms with van der Waals surface area (Å²) in [4.78, 5) is 4.83. The molecule has 0 bridgehead atoms. The molecule has 0 N–H and O–H groups in total. The lowest BCUT2D eigenvalue weighted by atomic mass is 9.94. The first-order chi connectivity index (χ1) is 10.7. The van der Waals surface area contributed by atoms with Crippen LogP contribution < -0.4 is 0 Å². The molecule has 108 valence electrons. The van der Waals surface area contributed by atoms with Gasteiger partial charge in [-0.1, -0.05) is 62.4 Å². The predicted molar refractivity (Wildman–Crippen MR) is 94.2 cm³/mol. The fourth-order valence-corrected chi connectivity index (χ4v) is 2.95. The van der Waals surface area contributed by atoms with Gasteiger partial charge in [-0.3, -0.25) is 4.57 Å². The average molecular weight is 286 g/mol. The molecule has 0 amide bonds. The van der Waals surface area contributed by atoms with Crippen LogP contribution in [0.15, 0.2) is 65.7 Å². The first-order valence-electron chi connectivity index (χ1n) is 7.59. The molecule has 2 heteroatoms. The summed E-state index contributed by atoms with van der Waals surface area (Å²) in [5.41, 5.74) is 3.51. The highest BCUT2D eigenvalue weighted by atomic mass is 15.1. The Labute approximate surface area is 130 Å². The van der Waals surface area contributed by atoms with Gasteiger partial charge in [0.2, 0.25) is 0 Å². The van der Waals surface area contributed by atoms with Crippen molar-refractivity contribution in [3.05, 3.63) is 66.2 Å². The van der Waals surface area contributed by atoms with E-state index >= 15 is 0 Å². The maximum Gasteiger partial charge on any atom is 0.145 e. The van der Waals surface area contributed by atoms with E-state index < -0.39 is 0 Å². The van der Waals surface area contributed by atoms with Crippen molar-refractivity contribution in [1.29, 1.82) is 0 Å². The zero-order valence-electron chi connectivity index (χ0n) is 12.8. The maximum absolute atomic E-state index is 4.83. The summed E-state index contributed by atoms with van der Waals surface area (Å²) >= 11 is 0. The van der Waals surface area contributed by atoms with Crippen LogP contribution in [0, 0.1) is 5.41 Å². The molecule has 3 aromatic rings. The molecule has 0 fully saturated rings. The molecule has 2 aromatic carbocycles. The molecule has 0 radical (unpaired) electrons. The Bertz CT molecular complexity index is 896. The third-order valence-electron chi connectivity index (χ3n) is 4.10. The molecule has 1 aliphatic rings. The van der Waals surface area contributed by atoms with Gasteiger partial charge in [-0.05, 0) is 18.2 Å². The number of aliphatic imine (C=N–C) groups is 1. The van der Waals surface area contributed by atoms with E-state index in [-0.39, 0.29) is 5.41 Å². The van der Waals surface area contributed by atoms with Gasteiger partial charge in [0.1, 0.15) is 5.82 Å². The topological polar surface area (TPSA) is 17.3 Å². The summed E-state index contributed by atoms with van der Waals surface area (Å²) < 4.78 is 2.24. The zero-order chi connectivity index (χ0) is 15.2. The number of benzene rings is 2. The summed E-state index contributed by atoms with van der Waals surface area (Å²) in [6.07, 6.45) is 6.47. The first kappa shape index (κ1) is 13.1. The Morgan fingerprint density at radius 2 is 1.64 bits per heavy atom. The van der Waals surface area contributed by atoms with Gasteiger partial charge < -0.3 is 0 Å². The van der Waals surface area contributed by atoms with Crippen LogP contribution in [0.4, 0.5) is 5.82 Å². The first-order valence-corrected chi connectivity index (χ1v) is 7.59. The van der Waals surface area contributed by atoms with Crippen LogP contribution in [0.1, 0.15) is 19.4 Å². The second-order valence-corrected chi connectivity index (χ2v) is 6.34. The SMILES string of the molecule is CC1(C)C=Cc2c(n(-c3ccccc3)c3ccccc23)N=C1. The van der Waals surface area contributed by atoms with E-state index in [4.69, 9.17) is 4.99 Å². The zero-order valence-corrected chi connectivity index (χ0v) is 12.8.